The molecule has 0 bridgehead atoms. The average Bonchev–Trinajstić information content (AvgIpc) is 3.29. The number of imide groups is 1. The van der Waals surface area contributed by atoms with Gasteiger partial charge in [-0.1, -0.05) is 12.1 Å². The van der Waals surface area contributed by atoms with Crippen molar-refractivity contribution in [2.45, 2.75) is 77.4 Å². The Morgan fingerprint density at radius 2 is 2.00 bits per heavy atom. The Morgan fingerprint density at radius 3 is 2.76 bits per heavy atom. The molecular formula is C29H34FN3O5. The van der Waals surface area contributed by atoms with Crippen LogP contribution in [0, 0.1) is 5.82 Å². The maximum atomic E-state index is 15.0. The lowest BCUT2D eigenvalue weighted by molar-refractivity contribution is -0.182. The summed E-state index contributed by atoms with van der Waals surface area (Å²) in [4.78, 5) is 39.2. The largest absolute Gasteiger partial charge is 0.488 e. The van der Waals surface area contributed by atoms with E-state index < -0.39 is 67.1 Å². The Kier molecular flexibility index (Phi) is 4.65. The third kappa shape index (κ3) is 5.44. The highest BCUT2D eigenvalue weighted by Crippen LogP contribution is 2.34. The summed E-state index contributed by atoms with van der Waals surface area (Å²) in [7, 11) is 0. The summed E-state index contributed by atoms with van der Waals surface area (Å²) in [5.74, 6) is -2.49. The molecule has 8 nitrogen and oxygen atoms in total. The van der Waals surface area contributed by atoms with Gasteiger partial charge in [-0.25, -0.2) is 4.39 Å². The smallest absolute Gasteiger partial charge is 0.255 e. The van der Waals surface area contributed by atoms with Crippen molar-refractivity contribution >= 4 is 17.7 Å². The third-order valence-electron chi connectivity index (χ3n) is 6.40. The first kappa shape index (κ1) is 18.1. The van der Waals surface area contributed by atoms with E-state index in [1.54, 1.807) is 6.07 Å². The van der Waals surface area contributed by atoms with Gasteiger partial charge in [-0.05, 0) is 63.9 Å². The van der Waals surface area contributed by atoms with Gasteiger partial charge in [0.05, 0.1) is 19.1 Å². The first-order chi connectivity index (χ1) is 21.1. The molecule has 2 aromatic rings. The van der Waals surface area contributed by atoms with E-state index in [-0.39, 0.29) is 48.4 Å². The molecule has 5 rings (SSSR count). The lowest BCUT2D eigenvalue weighted by Crippen LogP contribution is -2.56. The maximum absolute atomic E-state index is 15.0. The second-order valence-corrected chi connectivity index (χ2v) is 10.2. The number of nitrogens with zero attached hydrogens (tertiary/aromatic N) is 2. The summed E-state index contributed by atoms with van der Waals surface area (Å²) in [6.07, 6.45) is -0.276. The summed E-state index contributed by atoms with van der Waals surface area (Å²) < 4.78 is 94.3. The Balaban J connectivity index is 1.40. The van der Waals surface area contributed by atoms with Crippen LogP contribution < -0.4 is 10.1 Å². The maximum Gasteiger partial charge on any atom is 0.255 e. The van der Waals surface area contributed by atoms with Crippen LogP contribution in [0.25, 0.3) is 0 Å². The predicted octanol–water partition coefficient (Wildman–Crippen LogP) is 3.56. The van der Waals surface area contributed by atoms with E-state index in [9.17, 15) is 14.4 Å². The van der Waals surface area contributed by atoms with Crippen LogP contribution in [0.3, 0.4) is 0 Å². The molecule has 3 amide bonds. The molecule has 3 aliphatic heterocycles. The lowest BCUT2D eigenvalue weighted by Gasteiger charge is -2.47. The average molecular weight is 532 g/mol. The van der Waals surface area contributed by atoms with Gasteiger partial charge >= 0.3 is 0 Å². The molecule has 0 aromatic heterocycles. The number of hydrogen-bond acceptors (Lipinski definition) is 6. The molecule has 9 heteroatoms. The highest BCUT2D eigenvalue weighted by Gasteiger charge is 2.40. The zero-order valence-electron chi connectivity index (χ0n) is 29.3. The third-order valence-corrected chi connectivity index (χ3v) is 6.40. The van der Waals surface area contributed by atoms with E-state index in [1.807, 2.05) is 0 Å². The van der Waals surface area contributed by atoms with Gasteiger partial charge in [-0.2, -0.15) is 0 Å². The highest BCUT2D eigenvalue weighted by molar-refractivity contribution is 6.05. The van der Waals surface area contributed by atoms with Gasteiger partial charge in [0.1, 0.15) is 24.2 Å². The number of ether oxygens (including phenoxy) is 2. The van der Waals surface area contributed by atoms with E-state index in [2.05, 4.69) is 5.32 Å². The Morgan fingerprint density at radius 1 is 1.21 bits per heavy atom. The number of amides is 3. The van der Waals surface area contributed by atoms with Gasteiger partial charge in [0.2, 0.25) is 11.8 Å². The number of nitrogens with one attached hydrogen (secondary N) is 1. The standard InChI is InChI=1S/C29H34FN3O5/c1-28(2)16-32(17-29(3,4)38-28)13-18-8-9-22(30)19(12-18)15-37-24-7-5-6-20-21(24)14-33(27(20)36)23-10-11-25(34)31-26(23)35/h5-9,12,23H,10-11,13-17H2,1-4H3,(H,31,34,35)/i1D3,16D2,17D2,23D. The summed E-state index contributed by atoms with van der Waals surface area (Å²) in [6, 6.07) is 6.41. The van der Waals surface area contributed by atoms with Crippen LogP contribution in [-0.2, 0) is 34.0 Å². The molecule has 3 aliphatic rings. The highest BCUT2D eigenvalue weighted by atomic mass is 19.1. The van der Waals surface area contributed by atoms with Crippen LogP contribution >= 0.6 is 0 Å². The molecule has 3 heterocycles. The zero-order chi connectivity index (χ0) is 34.3. The molecule has 0 aliphatic carbocycles. The Hall–Kier alpha value is -3.30. The molecule has 0 saturated carbocycles. The zero-order valence-corrected chi connectivity index (χ0v) is 21.3. The Labute approximate surface area is 233 Å². The van der Waals surface area contributed by atoms with E-state index >= 15 is 4.39 Å². The fourth-order valence-corrected chi connectivity index (χ4v) is 4.94. The number of morpholine rings is 1. The van der Waals surface area contributed by atoms with Crippen molar-refractivity contribution in [2.24, 2.45) is 0 Å². The number of hydrogen-bond donors (Lipinski definition) is 1. The van der Waals surface area contributed by atoms with Gasteiger partial charge in [-0.15, -0.1) is 0 Å². The molecule has 202 valence electrons. The van der Waals surface area contributed by atoms with E-state index in [1.165, 1.54) is 38.1 Å². The molecule has 2 saturated heterocycles. The second kappa shape index (κ2) is 9.78. The van der Waals surface area contributed by atoms with Crippen molar-refractivity contribution < 1.29 is 39.2 Å². The number of fused-ring (bicyclic) bond motifs is 1. The number of rotatable bonds is 6. The summed E-state index contributed by atoms with van der Waals surface area (Å²) in [5.41, 5.74) is -3.30. The minimum atomic E-state index is -2.96. The number of halogens is 1. The van der Waals surface area contributed by atoms with Gasteiger partial charge < -0.3 is 14.4 Å². The van der Waals surface area contributed by atoms with Crippen molar-refractivity contribution in [3.8, 4) is 5.75 Å². The molecular weight excluding hydrogens is 489 g/mol. The molecule has 1 N–H and O–H groups in total. The predicted molar refractivity (Wildman–Crippen MR) is 138 cm³/mol. The van der Waals surface area contributed by atoms with Gasteiger partial charge in [0.25, 0.3) is 5.91 Å². The minimum absolute atomic E-state index is 0.0191. The number of piperidine rings is 1. The molecule has 38 heavy (non-hydrogen) atoms. The summed E-state index contributed by atoms with van der Waals surface area (Å²) >= 11 is 0. The molecule has 2 unspecified atom stereocenters. The molecule has 0 spiro atoms. The number of carbonyl (C=O) groups excluding carboxylic acids is 3. The molecule has 2 atom stereocenters. The monoisotopic (exact) mass is 531 g/mol. The van der Waals surface area contributed by atoms with Crippen LogP contribution in [0.1, 0.15) is 78.5 Å². The topological polar surface area (TPSA) is 88.2 Å². The lowest BCUT2D eigenvalue weighted by atomic mass is 9.98. The van der Waals surface area contributed by atoms with Crippen molar-refractivity contribution in [2.75, 3.05) is 13.0 Å². The summed E-state index contributed by atoms with van der Waals surface area (Å²) in [6.45, 7) is -5.46. The van der Waals surface area contributed by atoms with Crippen molar-refractivity contribution in [3.63, 3.8) is 0 Å². The van der Waals surface area contributed by atoms with Crippen LogP contribution in [-0.4, -0.2) is 57.7 Å². The fourth-order valence-electron chi connectivity index (χ4n) is 4.94. The van der Waals surface area contributed by atoms with Crippen molar-refractivity contribution in [3.05, 3.63) is 64.5 Å². The molecule has 2 fully saturated rings. The second-order valence-electron chi connectivity index (χ2n) is 10.2. The van der Waals surface area contributed by atoms with E-state index in [0.29, 0.717) is 5.56 Å². The first-order valence-corrected chi connectivity index (χ1v) is 12.2. The van der Waals surface area contributed by atoms with Crippen LogP contribution in [0.15, 0.2) is 36.4 Å². The normalized spacial score (nSPS) is 33.4. The van der Waals surface area contributed by atoms with Gasteiger partial charge in [0, 0.05) is 52.2 Å². The van der Waals surface area contributed by atoms with Crippen LogP contribution in [0.5, 0.6) is 5.75 Å². The van der Waals surface area contributed by atoms with Crippen LogP contribution in [0.2, 0.25) is 0 Å². The fraction of sp³-hybridized carbons (Fsp3) is 0.483. The summed E-state index contributed by atoms with van der Waals surface area (Å²) in [5, 5.41) is 2.10. The van der Waals surface area contributed by atoms with Gasteiger partial charge in [0.15, 0.2) is 0 Å². The minimum Gasteiger partial charge on any atom is -0.488 e. The first-order valence-electron chi connectivity index (χ1n) is 16.2. The van der Waals surface area contributed by atoms with Crippen molar-refractivity contribution in [1.82, 2.24) is 15.1 Å². The van der Waals surface area contributed by atoms with Gasteiger partial charge in [-0.3, -0.25) is 24.6 Å². The number of benzene rings is 2. The Bertz CT molecular complexity index is 1620. The van der Waals surface area contributed by atoms with Crippen LogP contribution in [0.4, 0.5) is 4.39 Å². The van der Waals surface area contributed by atoms with E-state index in [4.69, 9.17) is 20.4 Å². The molecule has 0 radical (unpaired) electrons. The number of carbonyl (C=O) groups is 3. The quantitative estimate of drug-likeness (QED) is 0.574. The van der Waals surface area contributed by atoms with E-state index in [0.717, 1.165) is 22.8 Å². The molecule has 2 aromatic carbocycles. The van der Waals surface area contributed by atoms with Crippen molar-refractivity contribution in [1.29, 1.82) is 0 Å². The SMILES string of the molecule is [2H]C1(N2Cc3c(OCc4cc(CN5C([2H])([2H])C(C)(C)OC(C)(C([2H])([2H])[2H])C5([2H])[2H])ccc4F)cccc3C2=O)CCC(=O)NC1=O.